The Hall–Kier alpha value is -1.63. The summed E-state index contributed by atoms with van der Waals surface area (Å²) < 4.78 is 38.7. The largest absolute Gasteiger partial charge is 0.417 e. The van der Waals surface area contributed by atoms with Crippen molar-refractivity contribution >= 4 is 5.91 Å². The van der Waals surface area contributed by atoms with Crippen molar-refractivity contribution in [2.45, 2.75) is 57.4 Å². The van der Waals surface area contributed by atoms with E-state index in [-0.39, 0.29) is 30.5 Å². The van der Waals surface area contributed by atoms with Crippen molar-refractivity contribution in [2.24, 2.45) is 17.1 Å². The lowest BCUT2D eigenvalue weighted by Gasteiger charge is -2.33. The number of amides is 1. The SMILES string of the molecule is CC1C2Cc3ncc(C(F)(F)F)cc3CN2C(=O)[C@]12CC[C@@H](N)C2. The molecule has 1 amide bonds. The molecule has 2 N–H and O–H groups in total. The predicted molar refractivity (Wildman–Crippen MR) is 80.7 cm³/mol. The van der Waals surface area contributed by atoms with Crippen LogP contribution in [0.3, 0.4) is 0 Å². The van der Waals surface area contributed by atoms with Crippen LogP contribution in [0.4, 0.5) is 13.2 Å². The molecule has 4 rings (SSSR count). The van der Waals surface area contributed by atoms with Gasteiger partial charge in [-0.2, -0.15) is 13.2 Å². The number of aromatic nitrogens is 1. The summed E-state index contributed by atoms with van der Waals surface area (Å²) >= 11 is 0. The zero-order valence-corrected chi connectivity index (χ0v) is 13.4. The van der Waals surface area contributed by atoms with Gasteiger partial charge in [-0.05, 0) is 36.8 Å². The number of alkyl halides is 3. The maximum absolute atomic E-state index is 13.0. The summed E-state index contributed by atoms with van der Waals surface area (Å²) in [7, 11) is 0. The quantitative estimate of drug-likeness (QED) is 0.790. The lowest BCUT2D eigenvalue weighted by Crippen LogP contribution is -2.40. The van der Waals surface area contributed by atoms with Crippen molar-refractivity contribution in [1.29, 1.82) is 0 Å². The van der Waals surface area contributed by atoms with Gasteiger partial charge in [0.25, 0.3) is 0 Å². The summed E-state index contributed by atoms with van der Waals surface area (Å²) in [5, 5.41) is 0. The number of halogens is 3. The topological polar surface area (TPSA) is 59.2 Å². The Kier molecular flexibility index (Phi) is 3.27. The van der Waals surface area contributed by atoms with Gasteiger partial charge in [-0.25, -0.2) is 0 Å². The molecule has 24 heavy (non-hydrogen) atoms. The molecule has 2 fully saturated rings. The molecule has 1 aromatic rings. The third-order valence-corrected chi connectivity index (χ3v) is 6.25. The molecule has 2 unspecified atom stereocenters. The molecule has 0 aromatic carbocycles. The number of carbonyl (C=O) groups excluding carboxylic acids is 1. The fourth-order valence-electron chi connectivity index (χ4n) is 4.86. The summed E-state index contributed by atoms with van der Waals surface area (Å²) in [6.07, 6.45) is -0.703. The van der Waals surface area contributed by atoms with Gasteiger partial charge in [-0.1, -0.05) is 6.92 Å². The molecule has 0 radical (unpaired) electrons. The van der Waals surface area contributed by atoms with Crippen molar-refractivity contribution in [3.8, 4) is 0 Å². The van der Waals surface area contributed by atoms with Crippen LogP contribution in [0.25, 0.3) is 0 Å². The van der Waals surface area contributed by atoms with E-state index in [9.17, 15) is 18.0 Å². The second-order valence-corrected chi connectivity index (χ2v) is 7.48. The zero-order chi connectivity index (χ0) is 17.3. The summed E-state index contributed by atoms with van der Waals surface area (Å²) in [4.78, 5) is 18.9. The van der Waals surface area contributed by atoms with Gasteiger partial charge in [0.1, 0.15) is 0 Å². The van der Waals surface area contributed by atoms with E-state index in [1.807, 2.05) is 0 Å². The van der Waals surface area contributed by atoms with Crippen LogP contribution < -0.4 is 5.73 Å². The number of fused-ring (bicyclic) bond motifs is 2. The Morgan fingerprint density at radius 3 is 2.79 bits per heavy atom. The van der Waals surface area contributed by atoms with Crippen molar-refractivity contribution in [2.75, 3.05) is 0 Å². The van der Waals surface area contributed by atoms with E-state index in [0.29, 0.717) is 24.1 Å². The smallest absolute Gasteiger partial charge is 0.334 e. The molecule has 1 aliphatic carbocycles. The first-order valence-electron chi connectivity index (χ1n) is 8.34. The summed E-state index contributed by atoms with van der Waals surface area (Å²) in [6, 6.07) is 1.19. The molecule has 4 atom stereocenters. The third kappa shape index (κ3) is 2.10. The minimum Gasteiger partial charge on any atom is -0.334 e. The summed E-state index contributed by atoms with van der Waals surface area (Å²) in [6.45, 7) is 2.30. The fourth-order valence-corrected chi connectivity index (χ4v) is 4.86. The highest BCUT2D eigenvalue weighted by molar-refractivity contribution is 5.86. The highest BCUT2D eigenvalue weighted by atomic mass is 19.4. The van der Waals surface area contributed by atoms with Gasteiger partial charge in [0.05, 0.1) is 11.0 Å². The van der Waals surface area contributed by atoms with Crippen LogP contribution in [0.5, 0.6) is 0 Å². The summed E-state index contributed by atoms with van der Waals surface area (Å²) in [5.41, 5.74) is 6.06. The van der Waals surface area contributed by atoms with E-state index in [1.165, 1.54) is 0 Å². The molecule has 7 heteroatoms. The maximum Gasteiger partial charge on any atom is 0.417 e. The molecule has 3 aliphatic rings. The average molecular weight is 339 g/mol. The van der Waals surface area contributed by atoms with Gasteiger partial charge in [0, 0.05) is 36.9 Å². The van der Waals surface area contributed by atoms with Crippen LogP contribution in [0.15, 0.2) is 12.3 Å². The van der Waals surface area contributed by atoms with Crippen LogP contribution in [0.2, 0.25) is 0 Å². The number of hydrogen-bond acceptors (Lipinski definition) is 3. The predicted octanol–water partition coefficient (Wildman–Crippen LogP) is 2.50. The molecule has 1 saturated heterocycles. The second-order valence-electron chi connectivity index (χ2n) is 7.48. The van der Waals surface area contributed by atoms with Crippen LogP contribution in [0.1, 0.15) is 43.0 Å². The number of nitrogens with zero attached hydrogens (tertiary/aromatic N) is 2. The highest BCUT2D eigenvalue weighted by Crippen LogP contribution is 2.54. The molecule has 1 spiro atoms. The van der Waals surface area contributed by atoms with Crippen LogP contribution >= 0.6 is 0 Å². The normalized spacial score (nSPS) is 35.5. The van der Waals surface area contributed by atoms with Gasteiger partial charge in [0.2, 0.25) is 5.91 Å². The van der Waals surface area contributed by atoms with E-state index < -0.39 is 17.2 Å². The van der Waals surface area contributed by atoms with E-state index in [0.717, 1.165) is 25.1 Å². The van der Waals surface area contributed by atoms with E-state index in [4.69, 9.17) is 5.73 Å². The average Bonchev–Trinajstić information content (AvgIpc) is 3.01. The lowest BCUT2D eigenvalue weighted by molar-refractivity contribution is -0.138. The molecule has 130 valence electrons. The first-order chi connectivity index (χ1) is 11.2. The minimum absolute atomic E-state index is 0.0135. The second kappa shape index (κ2) is 4.94. The molecule has 1 aromatic heterocycles. The van der Waals surface area contributed by atoms with E-state index in [2.05, 4.69) is 11.9 Å². The maximum atomic E-state index is 13.0. The number of pyridine rings is 1. The Balaban J connectivity index is 1.69. The van der Waals surface area contributed by atoms with E-state index in [1.54, 1.807) is 4.90 Å². The first-order valence-corrected chi connectivity index (χ1v) is 8.34. The van der Waals surface area contributed by atoms with Crippen molar-refractivity contribution in [1.82, 2.24) is 9.88 Å². The highest BCUT2D eigenvalue weighted by Gasteiger charge is 2.60. The van der Waals surface area contributed by atoms with Gasteiger partial charge < -0.3 is 10.6 Å². The Bertz CT molecular complexity index is 705. The third-order valence-electron chi connectivity index (χ3n) is 6.25. The molecular weight excluding hydrogens is 319 g/mol. The van der Waals surface area contributed by atoms with Crippen LogP contribution in [0, 0.1) is 11.3 Å². The number of nitrogens with two attached hydrogens (primary N) is 1. The Labute approximate surface area is 138 Å². The number of rotatable bonds is 0. The molecule has 0 bridgehead atoms. The number of hydrogen-bond donors (Lipinski definition) is 1. The molecular formula is C17H20F3N3O. The van der Waals surface area contributed by atoms with Crippen LogP contribution in [-0.2, 0) is 23.9 Å². The van der Waals surface area contributed by atoms with E-state index >= 15 is 0 Å². The minimum atomic E-state index is -4.42. The van der Waals surface area contributed by atoms with Gasteiger partial charge in [0.15, 0.2) is 0 Å². The molecule has 3 heterocycles. The molecule has 2 aliphatic heterocycles. The van der Waals surface area contributed by atoms with Gasteiger partial charge in [-0.3, -0.25) is 9.78 Å². The van der Waals surface area contributed by atoms with Crippen LogP contribution in [-0.4, -0.2) is 27.9 Å². The van der Waals surface area contributed by atoms with Crippen molar-refractivity contribution in [3.63, 3.8) is 0 Å². The lowest BCUT2D eigenvalue weighted by atomic mass is 9.73. The van der Waals surface area contributed by atoms with Gasteiger partial charge >= 0.3 is 6.18 Å². The van der Waals surface area contributed by atoms with Crippen molar-refractivity contribution < 1.29 is 18.0 Å². The number of carbonyl (C=O) groups is 1. The van der Waals surface area contributed by atoms with Gasteiger partial charge in [-0.15, -0.1) is 0 Å². The van der Waals surface area contributed by atoms with Crippen molar-refractivity contribution in [3.05, 3.63) is 29.1 Å². The first kappa shape index (κ1) is 15.9. The standard InChI is InChI=1S/C17H20F3N3O/c1-9-14-5-13-10(4-11(7-22-13)17(18,19)20)8-23(14)15(24)16(9)3-2-12(21)6-16/h4,7,9,12,14H,2-3,5-6,8,21H2,1H3/t9?,12-,14?,16+/m1/s1. The fraction of sp³-hybridized carbons (Fsp3) is 0.647. The zero-order valence-electron chi connectivity index (χ0n) is 13.4. The Morgan fingerprint density at radius 2 is 2.17 bits per heavy atom. The molecule has 4 nitrogen and oxygen atoms in total. The molecule has 1 saturated carbocycles. The summed E-state index contributed by atoms with van der Waals surface area (Å²) in [5.74, 6) is 0.215. The monoisotopic (exact) mass is 339 g/mol. The Morgan fingerprint density at radius 1 is 1.42 bits per heavy atom.